The monoisotopic (exact) mass is 388 g/mol. The molecule has 2 saturated heterocycles. The number of hydrogen-bond acceptors (Lipinski definition) is 4. The molecule has 1 N–H and O–H groups in total. The lowest BCUT2D eigenvalue weighted by Crippen LogP contribution is -2.49. The highest BCUT2D eigenvalue weighted by Gasteiger charge is 2.40. The number of ether oxygens (including phenoxy) is 2. The lowest BCUT2D eigenvalue weighted by atomic mass is 9.93. The Morgan fingerprint density at radius 1 is 1.07 bits per heavy atom. The maximum absolute atomic E-state index is 12.7. The van der Waals surface area contributed by atoms with E-state index < -0.39 is 5.79 Å². The van der Waals surface area contributed by atoms with E-state index in [0.717, 1.165) is 19.3 Å². The van der Waals surface area contributed by atoms with Gasteiger partial charge < -0.3 is 19.7 Å². The Morgan fingerprint density at radius 3 is 2.21 bits per heavy atom. The van der Waals surface area contributed by atoms with E-state index in [1.165, 1.54) is 11.1 Å². The summed E-state index contributed by atoms with van der Waals surface area (Å²) in [5, 5.41) is 3.50. The summed E-state index contributed by atoms with van der Waals surface area (Å²) in [4.78, 5) is 14.7. The van der Waals surface area contributed by atoms with Crippen molar-refractivity contribution in [2.75, 3.05) is 32.8 Å². The van der Waals surface area contributed by atoms with Gasteiger partial charge in [0, 0.05) is 32.0 Å². The molecule has 28 heavy (non-hydrogen) atoms. The molecule has 5 nitrogen and oxygen atoms in total. The van der Waals surface area contributed by atoms with Gasteiger partial charge in [-0.3, -0.25) is 4.79 Å². The van der Waals surface area contributed by atoms with E-state index in [9.17, 15) is 4.79 Å². The summed E-state index contributed by atoms with van der Waals surface area (Å²) in [5.41, 5.74) is 2.62. The largest absolute Gasteiger partial charge is 0.347 e. The highest BCUT2D eigenvalue weighted by molar-refractivity contribution is 5.78. The zero-order valence-electron chi connectivity index (χ0n) is 17.9. The number of amides is 1. The normalized spacial score (nSPS) is 20.3. The number of nitrogens with one attached hydrogen (secondary N) is 1. The Hall–Kier alpha value is -1.43. The maximum atomic E-state index is 12.7. The van der Waals surface area contributed by atoms with E-state index in [4.69, 9.17) is 9.47 Å². The fourth-order valence-corrected chi connectivity index (χ4v) is 4.26. The van der Waals surface area contributed by atoms with Gasteiger partial charge in [0.1, 0.15) is 0 Å². The zero-order chi connectivity index (χ0) is 20.1. The first kappa shape index (κ1) is 21.3. The predicted molar refractivity (Wildman–Crippen MR) is 111 cm³/mol. The minimum Gasteiger partial charge on any atom is -0.347 e. The molecule has 1 amide bonds. The average Bonchev–Trinajstić information content (AvgIpc) is 3.11. The summed E-state index contributed by atoms with van der Waals surface area (Å²) in [7, 11) is 0. The molecule has 156 valence electrons. The van der Waals surface area contributed by atoms with E-state index in [-0.39, 0.29) is 11.9 Å². The molecule has 1 spiro atoms. The van der Waals surface area contributed by atoms with Crippen LogP contribution in [0.4, 0.5) is 0 Å². The predicted octanol–water partition coefficient (Wildman–Crippen LogP) is 3.54. The lowest BCUT2D eigenvalue weighted by molar-refractivity contribution is -0.187. The van der Waals surface area contributed by atoms with Crippen molar-refractivity contribution in [1.82, 2.24) is 10.2 Å². The summed E-state index contributed by atoms with van der Waals surface area (Å²) >= 11 is 0. The first-order chi connectivity index (χ1) is 13.4. The third-order valence-corrected chi connectivity index (χ3v) is 5.81. The Morgan fingerprint density at radius 2 is 1.68 bits per heavy atom. The third kappa shape index (κ3) is 5.34. The topological polar surface area (TPSA) is 50.8 Å². The van der Waals surface area contributed by atoms with E-state index in [0.29, 0.717) is 44.7 Å². The van der Waals surface area contributed by atoms with Crippen molar-refractivity contribution in [3.63, 3.8) is 0 Å². The number of rotatable bonds is 7. The molecule has 0 saturated carbocycles. The van der Waals surface area contributed by atoms with Crippen molar-refractivity contribution in [2.24, 2.45) is 11.8 Å². The summed E-state index contributed by atoms with van der Waals surface area (Å²) in [6.45, 7) is 12.0. The highest BCUT2D eigenvalue weighted by Crippen LogP contribution is 2.31. The van der Waals surface area contributed by atoms with Gasteiger partial charge in [-0.1, -0.05) is 52.0 Å². The molecule has 1 atom stereocenters. The molecule has 2 aliphatic heterocycles. The van der Waals surface area contributed by atoms with E-state index in [1.54, 1.807) is 0 Å². The Balaban J connectivity index is 1.52. The van der Waals surface area contributed by atoms with Gasteiger partial charge in [0.2, 0.25) is 5.91 Å². The Bertz CT molecular complexity index is 626. The molecular formula is C23H36N2O3. The Kier molecular flexibility index (Phi) is 7.13. The van der Waals surface area contributed by atoms with Crippen LogP contribution in [0.3, 0.4) is 0 Å². The number of nitrogens with zero attached hydrogens (tertiary/aromatic N) is 1. The zero-order valence-corrected chi connectivity index (χ0v) is 17.9. The number of hydrogen-bond donors (Lipinski definition) is 1. The van der Waals surface area contributed by atoms with Crippen LogP contribution in [0.25, 0.3) is 0 Å². The molecule has 2 heterocycles. The summed E-state index contributed by atoms with van der Waals surface area (Å²) in [6.07, 6.45) is 2.63. The summed E-state index contributed by atoms with van der Waals surface area (Å²) in [6, 6.07) is 9.04. The molecule has 0 aliphatic carbocycles. The number of likely N-dealkylation sites (tertiary alicyclic amines) is 1. The van der Waals surface area contributed by atoms with E-state index >= 15 is 0 Å². The fourth-order valence-electron chi connectivity index (χ4n) is 4.26. The van der Waals surface area contributed by atoms with Gasteiger partial charge >= 0.3 is 0 Å². The van der Waals surface area contributed by atoms with Crippen LogP contribution >= 0.6 is 0 Å². The van der Waals surface area contributed by atoms with Crippen molar-refractivity contribution in [2.45, 2.75) is 58.8 Å². The number of benzene rings is 1. The van der Waals surface area contributed by atoms with Crippen LogP contribution < -0.4 is 5.32 Å². The first-order valence-electron chi connectivity index (χ1n) is 10.8. The molecule has 1 unspecified atom stereocenters. The molecule has 3 rings (SSSR count). The molecule has 2 fully saturated rings. The molecule has 5 heteroatoms. The van der Waals surface area contributed by atoms with Crippen molar-refractivity contribution in [3.05, 3.63) is 35.4 Å². The Labute approximate surface area is 169 Å². The van der Waals surface area contributed by atoms with Crippen LogP contribution in [0.1, 0.15) is 57.7 Å². The van der Waals surface area contributed by atoms with Gasteiger partial charge in [0.25, 0.3) is 0 Å². The van der Waals surface area contributed by atoms with Crippen LogP contribution in [0.5, 0.6) is 0 Å². The second kappa shape index (κ2) is 9.38. The molecule has 1 aromatic carbocycles. The second-order valence-corrected chi connectivity index (χ2v) is 8.93. The minimum absolute atomic E-state index is 0.162. The maximum Gasteiger partial charge on any atom is 0.236 e. The second-order valence-electron chi connectivity index (χ2n) is 8.93. The molecule has 0 aromatic heterocycles. The quantitative estimate of drug-likeness (QED) is 0.776. The lowest BCUT2D eigenvalue weighted by Gasteiger charge is -2.37. The van der Waals surface area contributed by atoms with Crippen molar-refractivity contribution in [3.8, 4) is 0 Å². The van der Waals surface area contributed by atoms with Gasteiger partial charge in [-0.25, -0.2) is 0 Å². The van der Waals surface area contributed by atoms with Crippen LogP contribution in [-0.4, -0.2) is 49.4 Å². The van der Waals surface area contributed by atoms with Crippen LogP contribution in [0.15, 0.2) is 24.3 Å². The van der Waals surface area contributed by atoms with Crippen molar-refractivity contribution >= 4 is 5.91 Å². The van der Waals surface area contributed by atoms with Crippen LogP contribution in [0, 0.1) is 11.8 Å². The van der Waals surface area contributed by atoms with Gasteiger partial charge in [-0.2, -0.15) is 0 Å². The molecule has 1 aromatic rings. The van der Waals surface area contributed by atoms with E-state index in [2.05, 4.69) is 57.3 Å². The average molecular weight is 389 g/mol. The number of carbonyl (C=O) groups is 1. The minimum atomic E-state index is -0.428. The van der Waals surface area contributed by atoms with Crippen molar-refractivity contribution < 1.29 is 14.3 Å². The third-order valence-electron chi connectivity index (χ3n) is 5.81. The summed E-state index contributed by atoms with van der Waals surface area (Å²) < 4.78 is 11.5. The summed E-state index contributed by atoms with van der Waals surface area (Å²) in [5.74, 6) is 0.803. The van der Waals surface area contributed by atoms with E-state index in [1.807, 2.05) is 4.90 Å². The first-order valence-corrected chi connectivity index (χ1v) is 10.8. The SMILES string of the molecule is CC(C)Cc1ccc(C(NCC(=O)N2CCC3(CC2)OCCO3)C(C)C)cc1. The van der Waals surface area contributed by atoms with Gasteiger partial charge in [0.05, 0.1) is 19.8 Å². The van der Waals surface area contributed by atoms with Gasteiger partial charge in [-0.15, -0.1) is 0 Å². The van der Waals surface area contributed by atoms with Gasteiger partial charge in [-0.05, 0) is 29.4 Å². The molecular weight excluding hydrogens is 352 g/mol. The van der Waals surface area contributed by atoms with Gasteiger partial charge in [0.15, 0.2) is 5.79 Å². The smallest absolute Gasteiger partial charge is 0.236 e. The molecule has 0 bridgehead atoms. The standard InChI is InChI=1S/C23H36N2O3/c1-17(2)15-19-5-7-20(8-6-19)22(18(3)4)24-16-21(26)25-11-9-23(10-12-25)27-13-14-28-23/h5-8,17-18,22,24H,9-16H2,1-4H3. The number of carbonyl (C=O) groups excluding carboxylic acids is 1. The van der Waals surface area contributed by atoms with Crippen LogP contribution in [-0.2, 0) is 20.7 Å². The van der Waals surface area contributed by atoms with Crippen molar-refractivity contribution in [1.29, 1.82) is 0 Å². The molecule has 0 radical (unpaired) electrons. The van der Waals surface area contributed by atoms with Crippen LogP contribution in [0.2, 0.25) is 0 Å². The highest BCUT2D eigenvalue weighted by atomic mass is 16.7. The fraction of sp³-hybridized carbons (Fsp3) is 0.696. The number of piperidine rings is 1. The molecule has 2 aliphatic rings.